The molecule has 4 rings (SSSR count). The molecule has 0 saturated carbocycles. The number of morpholine rings is 1. The Hall–Kier alpha value is -3.06. The number of ether oxygens (including phenoxy) is 2. The number of carbonyl (C=O) groups excluding carboxylic acids is 1. The average Bonchev–Trinajstić information content (AvgIpc) is 3.05. The van der Waals surface area contributed by atoms with E-state index < -0.39 is 0 Å². The summed E-state index contributed by atoms with van der Waals surface area (Å²) in [6.45, 7) is 2.30. The zero-order chi connectivity index (χ0) is 18.1. The minimum atomic E-state index is -0.0388. The largest absolute Gasteiger partial charge is 0.438 e. The van der Waals surface area contributed by atoms with Crippen molar-refractivity contribution >= 4 is 22.5 Å². The molecule has 0 spiro atoms. The molecule has 1 aliphatic rings. The summed E-state index contributed by atoms with van der Waals surface area (Å²) in [7, 11) is 1.91. The molecule has 0 bridgehead atoms. The Morgan fingerprint density at radius 2 is 2.08 bits per heavy atom. The molecule has 7 nitrogen and oxygen atoms in total. The van der Waals surface area contributed by atoms with E-state index in [1.807, 2.05) is 36.0 Å². The van der Waals surface area contributed by atoms with E-state index in [4.69, 9.17) is 15.2 Å². The van der Waals surface area contributed by atoms with Gasteiger partial charge < -0.3 is 24.7 Å². The second-order valence-electron chi connectivity index (χ2n) is 6.25. The summed E-state index contributed by atoms with van der Waals surface area (Å²) in [5.41, 5.74) is 7.79. The van der Waals surface area contributed by atoms with Crippen LogP contribution in [0.25, 0.3) is 10.9 Å². The lowest BCUT2D eigenvalue weighted by atomic mass is 10.1. The van der Waals surface area contributed by atoms with Crippen LogP contribution in [0.1, 0.15) is 10.4 Å². The molecule has 0 aliphatic carbocycles. The molecule has 1 amide bonds. The molecule has 1 aromatic carbocycles. The number of pyridine rings is 1. The standard InChI is InChI=1S/C19H20N4O3/c1-22-6-5-15-17(22)16(19(24)23-7-9-25-10-8-23)12-21-18(15)26-14-4-2-3-13(20)11-14/h2-6,11-12H,7-10,20H2,1H3. The van der Waals surface area contributed by atoms with Gasteiger partial charge in [-0.25, -0.2) is 4.98 Å². The minimum absolute atomic E-state index is 0.0388. The van der Waals surface area contributed by atoms with Crippen LogP contribution in [0.15, 0.2) is 42.7 Å². The van der Waals surface area contributed by atoms with E-state index in [9.17, 15) is 4.79 Å². The van der Waals surface area contributed by atoms with Crippen LogP contribution < -0.4 is 10.5 Å². The number of nitrogen functional groups attached to an aromatic ring is 1. The van der Waals surface area contributed by atoms with Gasteiger partial charge in [0.05, 0.1) is 29.7 Å². The van der Waals surface area contributed by atoms with Gasteiger partial charge in [-0.15, -0.1) is 0 Å². The predicted octanol–water partition coefficient (Wildman–Crippen LogP) is 2.42. The predicted molar refractivity (Wildman–Crippen MR) is 98.4 cm³/mol. The molecule has 3 heterocycles. The summed E-state index contributed by atoms with van der Waals surface area (Å²) in [5.74, 6) is 1.02. The highest BCUT2D eigenvalue weighted by atomic mass is 16.5. The van der Waals surface area contributed by atoms with Gasteiger partial charge in [0.25, 0.3) is 5.91 Å². The van der Waals surface area contributed by atoms with Gasteiger partial charge in [-0.3, -0.25) is 4.79 Å². The van der Waals surface area contributed by atoms with Gasteiger partial charge in [0.2, 0.25) is 5.88 Å². The number of fused-ring (bicyclic) bond motifs is 1. The number of rotatable bonds is 3. The lowest BCUT2D eigenvalue weighted by Gasteiger charge is -2.27. The van der Waals surface area contributed by atoms with Gasteiger partial charge in [-0.05, 0) is 18.2 Å². The summed E-state index contributed by atoms with van der Waals surface area (Å²) in [5, 5.41) is 0.786. The van der Waals surface area contributed by atoms with Gasteiger partial charge in [0.15, 0.2) is 0 Å². The average molecular weight is 352 g/mol. The highest BCUT2D eigenvalue weighted by Gasteiger charge is 2.23. The van der Waals surface area contributed by atoms with Crippen molar-refractivity contribution in [3.8, 4) is 11.6 Å². The van der Waals surface area contributed by atoms with Crippen molar-refractivity contribution in [2.75, 3.05) is 32.0 Å². The molecular weight excluding hydrogens is 332 g/mol. The molecule has 3 aromatic rings. The van der Waals surface area contributed by atoms with E-state index in [2.05, 4.69) is 4.98 Å². The van der Waals surface area contributed by atoms with Crippen molar-refractivity contribution in [2.24, 2.45) is 7.05 Å². The first-order chi connectivity index (χ1) is 12.6. The smallest absolute Gasteiger partial charge is 0.257 e. The number of carbonyl (C=O) groups is 1. The highest BCUT2D eigenvalue weighted by Crippen LogP contribution is 2.31. The van der Waals surface area contributed by atoms with E-state index >= 15 is 0 Å². The van der Waals surface area contributed by atoms with Crippen molar-refractivity contribution in [1.82, 2.24) is 14.5 Å². The Labute approximate surface area is 150 Å². The molecule has 7 heteroatoms. The number of benzene rings is 1. The fourth-order valence-corrected chi connectivity index (χ4v) is 3.16. The molecule has 26 heavy (non-hydrogen) atoms. The number of anilines is 1. The van der Waals surface area contributed by atoms with Crippen LogP contribution in [0.4, 0.5) is 5.69 Å². The number of aromatic nitrogens is 2. The zero-order valence-corrected chi connectivity index (χ0v) is 14.5. The normalized spacial score (nSPS) is 14.6. The van der Waals surface area contributed by atoms with Crippen LogP contribution in [0.5, 0.6) is 11.6 Å². The number of amides is 1. The molecule has 1 aliphatic heterocycles. The second-order valence-corrected chi connectivity index (χ2v) is 6.25. The Bertz CT molecular complexity index is 961. The Morgan fingerprint density at radius 1 is 1.27 bits per heavy atom. The number of aryl methyl sites for hydroxylation is 1. The van der Waals surface area contributed by atoms with Crippen LogP contribution in [0, 0.1) is 0 Å². The zero-order valence-electron chi connectivity index (χ0n) is 14.5. The summed E-state index contributed by atoms with van der Waals surface area (Å²) < 4.78 is 13.2. The van der Waals surface area contributed by atoms with Gasteiger partial charge in [0, 0.05) is 44.3 Å². The Balaban J connectivity index is 1.73. The maximum atomic E-state index is 12.9. The SMILES string of the molecule is Cn1ccc2c(Oc3cccc(N)c3)ncc(C(=O)N3CCOCC3)c21. The number of hydrogen-bond donors (Lipinski definition) is 1. The van der Waals surface area contributed by atoms with Gasteiger partial charge >= 0.3 is 0 Å². The monoisotopic (exact) mass is 352 g/mol. The van der Waals surface area contributed by atoms with Gasteiger partial charge in [0.1, 0.15) is 5.75 Å². The number of nitrogens with two attached hydrogens (primary N) is 1. The first-order valence-corrected chi connectivity index (χ1v) is 8.48. The fourth-order valence-electron chi connectivity index (χ4n) is 3.16. The van der Waals surface area contributed by atoms with E-state index in [0.717, 1.165) is 10.9 Å². The van der Waals surface area contributed by atoms with E-state index in [-0.39, 0.29) is 5.91 Å². The summed E-state index contributed by atoms with van der Waals surface area (Å²) in [6.07, 6.45) is 3.48. The number of hydrogen-bond acceptors (Lipinski definition) is 5. The topological polar surface area (TPSA) is 82.6 Å². The first-order valence-electron chi connectivity index (χ1n) is 8.48. The molecule has 134 valence electrons. The number of nitrogens with zero attached hydrogens (tertiary/aromatic N) is 3. The summed E-state index contributed by atoms with van der Waals surface area (Å²) >= 11 is 0. The lowest BCUT2D eigenvalue weighted by Crippen LogP contribution is -2.40. The van der Waals surface area contributed by atoms with E-state index in [0.29, 0.717) is 49.2 Å². The van der Waals surface area contributed by atoms with Crippen molar-refractivity contribution < 1.29 is 14.3 Å². The first kappa shape index (κ1) is 16.4. The molecule has 0 atom stereocenters. The highest BCUT2D eigenvalue weighted by molar-refractivity contribution is 6.06. The second kappa shape index (κ2) is 6.68. The Kier molecular flexibility index (Phi) is 4.22. The third kappa shape index (κ3) is 2.97. The fraction of sp³-hybridized carbons (Fsp3) is 0.263. The third-order valence-corrected chi connectivity index (χ3v) is 4.47. The van der Waals surface area contributed by atoms with Crippen LogP contribution in [0.3, 0.4) is 0 Å². The van der Waals surface area contributed by atoms with Crippen molar-refractivity contribution in [1.29, 1.82) is 0 Å². The molecular formula is C19H20N4O3. The van der Waals surface area contributed by atoms with Crippen molar-refractivity contribution in [2.45, 2.75) is 0 Å². The molecule has 2 aromatic heterocycles. The lowest BCUT2D eigenvalue weighted by molar-refractivity contribution is 0.0303. The van der Waals surface area contributed by atoms with Gasteiger partial charge in [-0.2, -0.15) is 0 Å². The summed E-state index contributed by atoms with van der Waals surface area (Å²) in [6, 6.07) is 9.08. The quantitative estimate of drug-likeness (QED) is 0.732. The van der Waals surface area contributed by atoms with E-state index in [1.165, 1.54) is 0 Å². The van der Waals surface area contributed by atoms with E-state index in [1.54, 1.807) is 23.2 Å². The molecule has 1 fully saturated rings. The third-order valence-electron chi connectivity index (χ3n) is 4.47. The molecule has 0 radical (unpaired) electrons. The molecule has 0 unspecified atom stereocenters. The molecule has 1 saturated heterocycles. The summed E-state index contributed by atoms with van der Waals surface area (Å²) in [4.78, 5) is 19.1. The van der Waals surface area contributed by atoms with Crippen LogP contribution in [-0.2, 0) is 11.8 Å². The molecule has 2 N–H and O–H groups in total. The minimum Gasteiger partial charge on any atom is -0.438 e. The maximum absolute atomic E-state index is 12.9. The van der Waals surface area contributed by atoms with Crippen LogP contribution in [0.2, 0.25) is 0 Å². The van der Waals surface area contributed by atoms with Crippen molar-refractivity contribution in [3.05, 3.63) is 48.3 Å². The van der Waals surface area contributed by atoms with Crippen LogP contribution >= 0.6 is 0 Å². The van der Waals surface area contributed by atoms with Gasteiger partial charge in [-0.1, -0.05) is 6.07 Å². The van der Waals surface area contributed by atoms with Crippen LogP contribution in [-0.4, -0.2) is 46.7 Å². The Morgan fingerprint density at radius 3 is 2.85 bits per heavy atom. The maximum Gasteiger partial charge on any atom is 0.257 e. The van der Waals surface area contributed by atoms with Crippen molar-refractivity contribution in [3.63, 3.8) is 0 Å².